The maximum absolute atomic E-state index is 12.4. The summed E-state index contributed by atoms with van der Waals surface area (Å²) < 4.78 is 0. The van der Waals surface area contributed by atoms with Crippen molar-refractivity contribution in [3.8, 4) is 0 Å². The van der Waals surface area contributed by atoms with Gasteiger partial charge in [-0.3, -0.25) is 4.79 Å². The molecule has 4 atom stereocenters. The zero-order chi connectivity index (χ0) is 39.6. The van der Waals surface area contributed by atoms with Gasteiger partial charge in [-0.05, 0) is 57.8 Å². The Hall–Kier alpha value is -1.21. The Morgan fingerprint density at radius 3 is 1.17 bits per heavy atom. The zero-order valence-corrected chi connectivity index (χ0v) is 36.0. The molecule has 0 aliphatic rings. The fourth-order valence-corrected chi connectivity index (χ4v) is 7.33. The Morgan fingerprint density at radius 2 is 0.778 bits per heavy atom. The molecule has 0 aliphatic carbocycles. The Labute approximate surface area is 335 Å². The molecule has 1 amide bonds. The van der Waals surface area contributed by atoms with Gasteiger partial charge >= 0.3 is 0 Å². The van der Waals surface area contributed by atoms with E-state index in [1.807, 2.05) is 0 Å². The monoisotopic (exact) mass is 764 g/mol. The number of unbranched alkanes of at least 4 members (excludes halogenated alkanes) is 30. The molecule has 5 N–H and O–H groups in total. The summed E-state index contributed by atoms with van der Waals surface area (Å²) in [6.45, 7) is 3.99. The quantitative estimate of drug-likeness (QED) is 0.0314. The maximum atomic E-state index is 12.4. The third kappa shape index (κ3) is 36.4. The number of aliphatic hydroxyl groups excluding tert-OH is 4. The number of allylic oxidation sites excluding steroid dienone is 4. The normalized spacial score (nSPS) is 14.3. The molecule has 0 rings (SSSR count). The molecular formula is C48H93NO5. The van der Waals surface area contributed by atoms with Gasteiger partial charge in [0.25, 0.3) is 0 Å². The first-order valence-electron chi connectivity index (χ1n) is 23.7. The van der Waals surface area contributed by atoms with Gasteiger partial charge in [0.05, 0.1) is 18.8 Å². The van der Waals surface area contributed by atoms with Crippen molar-refractivity contribution >= 4 is 5.91 Å². The lowest BCUT2D eigenvalue weighted by Crippen LogP contribution is -2.53. The lowest BCUT2D eigenvalue weighted by molar-refractivity contribution is -0.132. The van der Waals surface area contributed by atoms with Gasteiger partial charge in [0.2, 0.25) is 5.91 Å². The zero-order valence-electron chi connectivity index (χ0n) is 36.0. The summed E-state index contributed by atoms with van der Waals surface area (Å²) in [5, 5.41) is 43.5. The van der Waals surface area contributed by atoms with Crippen LogP contribution in [0.3, 0.4) is 0 Å². The van der Waals surface area contributed by atoms with E-state index in [9.17, 15) is 25.2 Å². The minimum atomic E-state index is -1.28. The molecular weight excluding hydrogens is 671 g/mol. The van der Waals surface area contributed by atoms with E-state index in [1.54, 1.807) is 0 Å². The summed E-state index contributed by atoms with van der Waals surface area (Å²) in [6.07, 6.45) is 49.6. The molecule has 0 saturated carbocycles. The molecule has 0 aromatic rings. The number of nitrogens with one attached hydrogen (secondary N) is 1. The predicted molar refractivity (Wildman–Crippen MR) is 233 cm³/mol. The lowest BCUT2D eigenvalue weighted by atomic mass is 10.00. The fraction of sp³-hybridized carbons (Fsp3) is 0.896. The van der Waals surface area contributed by atoms with E-state index in [0.717, 1.165) is 57.8 Å². The van der Waals surface area contributed by atoms with Crippen LogP contribution in [0.4, 0.5) is 0 Å². The van der Waals surface area contributed by atoms with Crippen LogP contribution in [0.25, 0.3) is 0 Å². The molecule has 6 heteroatoms. The van der Waals surface area contributed by atoms with Crippen LogP contribution in [0.1, 0.15) is 245 Å². The second-order valence-electron chi connectivity index (χ2n) is 16.4. The van der Waals surface area contributed by atoms with Gasteiger partial charge in [0.15, 0.2) is 0 Å². The van der Waals surface area contributed by atoms with Gasteiger partial charge < -0.3 is 25.7 Å². The molecule has 0 bridgehead atoms. The molecule has 320 valence electrons. The molecule has 0 aliphatic heterocycles. The standard InChI is InChI=1S/C48H93NO5/c1-3-5-7-9-11-13-15-16-17-18-19-20-21-22-23-24-25-26-27-28-29-30-31-32-34-35-37-39-41-45(51)47(53)44(43-50)49-48(54)46(52)42-40-38-36-33-14-12-10-8-6-4-2/h10,12,34-35,44-47,50-53H,3-9,11,13-33,36-43H2,1-2H3,(H,49,54)/b12-10-,35-34+. The molecule has 0 fully saturated rings. The van der Waals surface area contributed by atoms with Crippen molar-refractivity contribution in [2.45, 2.75) is 269 Å². The van der Waals surface area contributed by atoms with Crippen molar-refractivity contribution in [3.05, 3.63) is 24.3 Å². The molecule has 0 aromatic carbocycles. The van der Waals surface area contributed by atoms with E-state index in [-0.39, 0.29) is 0 Å². The maximum Gasteiger partial charge on any atom is 0.249 e. The van der Waals surface area contributed by atoms with Crippen LogP contribution in [0.15, 0.2) is 24.3 Å². The van der Waals surface area contributed by atoms with E-state index < -0.39 is 36.9 Å². The van der Waals surface area contributed by atoms with Gasteiger partial charge in [-0.25, -0.2) is 0 Å². The topological polar surface area (TPSA) is 110 Å². The minimum Gasteiger partial charge on any atom is -0.394 e. The number of amides is 1. The first-order chi connectivity index (χ1) is 26.5. The Kier molecular flexibility index (Phi) is 42.0. The van der Waals surface area contributed by atoms with Gasteiger partial charge in [0, 0.05) is 0 Å². The molecule has 4 unspecified atom stereocenters. The smallest absolute Gasteiger partial charge is 0.249 e. The van der Waals surface area contributed by atoms with Crippen molar-refractivity contribution in [2.75, 3.05) is 6.61 Å². The predicted octanol–water partition coefficient (Wildman–Crippen LogP) is 12.7. The highest BCUT2D eigenvalue weighted by molar-refractivity contribution is 5.80. The second kappa shape index (κ2) is 42.9. The van der Waals surface area contributed by atoms with E-state index in [4.69, 9.17) is 0 Å². The first-order valence-corrected chi connectivity index (χ1v) is 23.7. The third-order valence-corrected chi connectivity index (χ3v) is 11.1. The highest BCUT2D eigenvalue weighted by Gasteiger charge is 2.28. The number of rotatable bonds is 43. The van der Waals surface area contributed by atoms with Crippen LogP contribution in [0.5, 0.6) is 0 Å². The second-order valence-corrected chi connectivity index (χ2v) is 16.4. The van der Waals surface area contributed by atoms with Crippen molar-refractivity contribution < 1.29 is 25.2 Å². The molecule has 0 spiro atoms. The third-order valence-electron chi connectivity index (χ3n) is 11.1. The summed E-state index contributed by atoms with van der Waals surface area (Å²) >= 11 is 0. The van der Waals surface area contributed by atoms with Gasteiger partial charge in [-0.2, -0.15) is 0 Å². The van der Waals surface area contributed by atoms with Crippen LogP contribution in [-0.2, 0) is 4.79 Å². The summed E-state index contributed by atoms with van der Waals surface area (Å²) in [5.41, 5.74) is 0. The summed E-state index contributed by atoms with van der Waals surface area (Å²) in [6, 6.07) is -1.00. The average molecular weight is 764 g/mol. The number of carbonyl (C=O) groups is 1. The molecule has 0 aromatic heterocycles. The molecule has 54 heavy (non-hydrogen) atoms. The summed E-state index contributed by atoms with van der Waals surface area (Å²) in [4.78, 5) is 12.4. The molecule has 0 radical (unpaired) electrons. The summed E-state index contributed by atoms with van der Waals surface area (Å²) in [5.74, 6) is -0.604. The Bertz CT molecular complexity index is 817. The highest BCUT2D eigenvalue weighted by atomic mass is 16.3. The highest BCUT2D eigenvalue weighted by Crippen LogP contribution is 2.17. The van der Waals surface area contributed by atoms with Gasteiger partial charge in [-0.15, -0.1) is 0 Å². The number of hydrogen-bond donors (Lipinski definition) is 5. The van der Waals surface area contributed by atoms with Crippen LogP contribution in [0, 0.1) is 0 Å². The van der Waals surface area contributed by atoms with Crippen molar-refractivity contribution in [1.82, 2.24) is 5.32 Å². The fourth-order valence-electron chi connectivity index (χ4n) is 7.33. The van der Waals surface area contributed by atoms with Crippen LogP contribution < -0.4 is 5.32 Å². The van der Waals surface area contributed by atoms with Crippen molar-refractivity contribution in [3.63, 3.8) is 0 Å². The molecule has 6 nitrogen and oxygen atoms in total. The molecule has 0 heterocycles. The van der Waals surface area contributed by atoms with Crippen molar-refractivity contribution in [1.29, 1.82) is 0 Å². The number of hydrogen-bond acceptors (Lipinski definition) is 5. The number of aliphatic hydroxyl groups is 4. The Balaban J connectivity index is 3.62. The van der Waals surface area contributed by atoms with E-state index in [2.05, 4.69) is 43.5 Å². The average Bonchev–Trinajstić information content (AvgIpc) is 3.18. The largest absolute Gasteiger partial charge is 0.394 e. The lowest BCUT2D eigenvalue weighted by Gasteiger charge is -2.27. The van der Waals surface area contributed by atoms with Crippen LogP contribution >= 0.6 is 0 Å². The Morgan fingerprint density at radius 1 is 0.444 bits per heavy atom. The number of carbonyl (C=O) groups excluding carboxylic acids is 1. The van der Waals surface area contributed by atoms with Gasteiger partial charge in [-0.1, -0.05) is 212 Å². The van der Waals surface area contributed by atoms with E-state index in [0.29, 0.717) is 12.8 Å². The SMILES string of the molecule is CCCC/C=C\CCCCCCC(O)C(=O)NC(CO)C(O)C(O)CCC/C=C/CCCCCCCCCCCCCCCCCCCCCCCCC. The minimum absolute atomic E-state index is 0.348. The molecule has 0 saturated heterocycles. The van der Waals surface area contributed by atoms with Crippen molar-refractivity contribution in [2.24, 2.45) is 0 Å². The van der Waals surface area contributed by atoms with E-state index >= 15 is 0 Å². The first kappa shape index (κ1) is 52.8. The van der Waals surface area contributed by atoms with E-state index in [1.165, 1.54) is 161 Å². The van der Waals surface area contributed by atoms with Gasteiger partial charge in [0.1, 0.15) is 12.2 Å². The van der Waals surface area contributed by atoms with Crippen LogP contribution in [0.2, 0.25) is 0 Å². The van der Waals surface area contributed by atoms with Crippen LogP contribution in [-0.4, -0.2) is 57.3 Å². The summed E-state index contributed by atoms with van der Waals surface area (Å²) in [7, 11) is 0.